The second-order valence-corrected chi connectivity index (χ2v) is 4.68. The first-order valence-electron chi connectivity index (χ1n) is 6.30. The molecule has 0 N–H and O–H groups in total. The van der Waals surface area contributed by atoms with Crippen molar-refractivity contribution in [2.24, 2.45) is 0 Å². The lowest BCUT2D eigenvalue weighted by molar-refractivity contribution is -0.131. The first-order valence-corrected chi connectivity index (χ1v) is 6.30. The zero-order chi connectivity index (χ0) is 13.9. The van der Waals surface area contributed by atoms with Gasteiger partial charge in [-0.2, -0.15) is 0 Å². The molecule has 1 aromatic carbocycles. The number of hydrogen-bond acceptors (Lipinski definition) is 3. The van der Waals surface area contributed by atoms with Gasteiger partial charge < -0.3 is 9.47 Å². The Morgan fingerprint density at radius 1 is 1.21 bits per heavy atom. The maximum Gasteiger partial charge on any atom is 0.308 e. The van der Waals surface area contributed by atoms with Gasteiger partial charge in [0, 0.05) is 13.3 Å². The fraction of sp³-hybridized carbons (Fsp3) is 0.500. The van der Waals surface area contributed by atoms with Crippen LogP contribution in [0, 0.1) is 0 Å². The fourth-order valence-corrected chi connectivity index (χ4v) is 2.12. The van der Waals surface area contributed by atoms with Gasteiger partial charge >= 0.3 is 5.97 Å². The molecular weight excluding hydrogens is 254 g/mol. The lowest BCUT2D eigenvalue weighted by Crippen LogP contribution is -2.40. The molecule has 0 saturated heterocycles. The summed E-state index contributed by atoms with van der Waals surface area (Å²) in [6, 6.07) is 6.11. The number of esters is 1. The van der Waals surface area contributed by atoms with Gasteiger partial charge in [-0.15, -0.1) is 0 Å². The van der Waals surface area contributed by atoms with Crippen molar-refractivity contribution in [3.8, 4) is 11.5 Å². The van der Waals surface area contributed by atoms with E-state index < -0.39 is 18.0 Å². The van der Waals surface area contributed by atoms with Crippen LogP contribution in [0.4, 0.5) is 8.78 Å². The van der Waals surface area contributed by atoms with Crippen LogP contribution in [0.1, 0.15) is 32.6 Å². The number of carbonyl (C=O) groups excluding carboxylic acids is 1. The zero-order valence-corrected chi connectivity index (χ0v) is 10.7. The lowest BCUT2D eigenvalue weighted by Gasteiger charge is -2.31. The van der Waals surface area contributed by atoms with Gasteiger partial charge in [-0.1, -0.05) is 0 Å². The molecule has 0 amide bonds. The molecule has 0 bridgehead atoms. The maximum atomic E-state index is 13.6. The largest absolute Gasteiger partial charge is 0.484 e. The Balaban J connectivity index is 2.00. The summed E-state index contributed by atoms with van der Waals surface area (Å²) in [5.74, 6) is -2.46. The molecule has 0 spiro atoms. The second kappa shape index (κ2) is 5.55. The molecule has 1 aromatic rings. The van der Waals surface area contributed by atoms with E-state index in [1.807, 2.05) is 0 Å². The summed E-state index contributed by atoms with van der Waals surface area (Å²) in [6.45, 7) is 1.30. The molecule has 0 heterocycles. The van der Waals surface area contributed by atoms with Gasteiger partial charge in [0.15, 0.2) is 6.10 Å². The van der Waals surface area contributed by atoms with Gasteiger partial charge in [-0.05, 0) is 43.5 Å². The summed E-state index contributed by atoms with van der Waals surface area (Å²) in [7, 11) is 0. The minimum absolute atomic E-state index is 0.122. The van der Waals surface area contributed by atoms with Gasteiger partial charge in [-0.3, -0.25) is 4.79 Å². The third-order valence-corrected chi connectivity index (χ3v) is 3.06. The Morgan fingerprint density at radius 2 is 1.84 bits per heavy atom. The number of ether oxygens (including phenoxy) is 2. The van der Waals surface area contributed by atoms with E-state index in [0.29, 0.717) is 24.3 Å². The van der Waals surface area contributed by atoms with Crippen LogP contribution in [0.5, 0.6) is 11.5 Å². The Bertz CT molecular complexity index is 443. The molecule has 1 atom stereocenters. The van der Waals surface area contributed by atoms with E-state index in [4.69, 9.17) is 9.47 Å². The molecule has 2 rings (SSSR count). The van der Waals surface area contributed by atoms with Gasteiger partial charge in [0.2, 0.25) is 0 Å². The Hall–Kier alpha value is -1.65. The van der Waals surface area contributed by atoms with Crippen LogP contribution >= 0.6 is 0 Å². The van der Waals surface area contributed by atoms with Crippen LogP contribution in [0.25, 0.3) is 0 Å². The van der Waals surface area contributed by atoms with E-state index in [2.05, 4.69) is 0 Å². The molecular formula is C14H16F2O3. The van der Waals surface area contributed by atoms with Crippen molar-refractivity contribution in [1.29, 1.82) is 0 Å². The Labute approximate surface area is 110 Å². The highest BCUT2D eigenvalue weighted by molar-refractivity contribution is 5.69. The first-order chi connectivity index (χ1) is 8.97. The third-order valence-electron chi connectivity index (χ3n) is 3.06. The number of hydrogen-bond donors (Lipinski definition) is 0. The first kappa shape index (κ1) is 13.8. The molecule has 0 aliphatic heterocycles. The second-order valence-electron chi connectivity index (χ2n) is 4.68. The molecule has 1 fully saturated rings. The summed E-state index contributed by atoms with van der Waals surface area (Å²) in [5.41, 5.74) is 0. The van der Waals surface area contributed by atoms with Crippen LogP contribution < -0.4 is 9.47 Å². The lowest BCUT2D eigenvalue weighted by atomic mass is 9.94. The number of carbonyl (C=O) groups is 1. The molecule has 19 heavy (non-hydrogen) atoms. The van der Waals surface area contributed by atoms with Crippen molar-refractivity contribution in [3.05, 3.63) is 24.3 Å². The predicted molar refractivity (Wildman–Crippen MR) is 65.6 cm³/mol. The average Bonchev–Trinajstić information content (AvgIpc) is 2.33. The van der Waals surface area contributed by atoms with E-state index in [1.54, 1.807) is 0 Å². The Morgan fingerprint density at radius 3 is 2.42 bits per heavy atom. The van der Waals surface area contributed by atoms with E-state index in [0.717, 1.165) is 6.42 Å². The van der Waals surface area contributed by atoms with Crippen LogP contribution in [-0.4, -0.2) is 18.0 Å². The molecule has 0 aromatic heterocycles. The highest BCUT2D eigenvalue weighted by atomic mass is 19.3. The predicted octanol–water partition coefficient (Wildman–Crippen LogP) is 3.57. The molecule has 1 unspecified atom stereocenters. The molecule has 1 aliphatic carbocycles. The van der Waals surface area contributed by atoms with E-state index in [-0.39, 0.29) is 6.42 Å². The number of alkyl halides is 2. The van der Waals surface area contributed by atoms with Crippen molar-refractivity contribution in [2.75, 3.05) is 0 Å². The minimum atomic E-state index is -2.77. The molecule has 0 radical (unpaired) electrons. The van der Waals surface area contributed by atoms with Gasteiger partial charge in [0.05, 0.1) is 0 Å². The third kappa shape index (κ3) is 3.66. The molecule has 1 aliphatic rings. The number of rotatable bonds is 3. The van der Waals surface area contributed by atoms with Crippen molar-refractivity contribution < 1.29 is 23.0 Å². The normalized spacial score (nSPS) is 21.7. The van der Waals surface area contributed by atoms with Gasteiger partial charge in [0.1, 0.15) is 11.5 Å². The highest BCUT2D eigenvalue weighted by Crippen LogP contribution is 2.36. The fourth-order valence-electron chi connectivity index (χ4n) is 2.12. The Kier molecular flexibility index (Phi) is 4.02. The van der Waals surface area contributed by atoms with Crippen molar-refractivity contribution in [2.45, 2.75) is 44.6 Å². The molecule has 5 heteroatoms. The maximum absolute atomic E-state index is 13.6. The topological polar surface area (TPSA) is 35.5 Å². The van der Waals surface area contributed by atoms with E-state index in [9.17, 15) is 13.6 Å². The monoisotopic (exact) mass is 270 g/mol. The summed E-state index contributed by atoms with van der Waals surface area (Å²) < 4.78 is 37.4. The zero-order valence-electron chi connectivity index (χ0n) is 10.7. The number of benzene rings is 1. The van der Waals surface area contributed by atoms with Crippen LogP contribution in [-0.2, 0) is 4.79 Å². The smallest absolute Gasteiger partial charge is 0.308 e. The van der Waals surface area contributed by atoms with Crippen molar-refractivity contribution in [1.82, 2.24) is 0 Å². The summed E-state index contributed by atoms with van der Waals surface area (Å²) >= 11 is 0. The molecule has 104 valence electrons. The highest BCUT2D eigenvalue weighted by Gasteiger charge is 2.43. The van der Waals surface area contributed by atoms with E-state index in [1.165, 1.54) is 31.2 Å². The molecule has 3 nitrogen and oxygen atoms in total. The number of halogens is 2. The minimum Gasteiger partial charge on any atom is -0.484 e. The summed E-state index contributed by atoms with van der Waals surface area (Å²) in [5, 5.41) is 0. The van der Waals surface area contributed by atoms with Crippen LogP contribution in [0.15, 0.2) is 24.3 Å². The van der Waals surface area contributed by atoms with Crippen LogP contribution in [0.3, 0.4) is 0 Å². The van der Waals surface area contributed by atoms with Crippen LogP contribution in [0.2, 0.25) is 0 Å². The quantitative estimate of drug-likeness (QED) is 0.622. The summed E-state index contributed by atoms with van der Waals surface area (Å²) in [6.07, 6.45) is 0.465. The van der Waals surface area contributed by atoms with Gasteiger partial charge in [-0.25, -0.2) is 8.78 Å². The standard InChI is InChI=1S/C14H16F2O3/c1-10(17)18-11-5-7-12(8-6-11)19-13-4-2-3-9-14(13,15)16/h5-8,13H,2-4,9H2,1H3. The summed E-state index contributed by atoms with van der Waals surface area (Å²) in [4.78, 5) is 10.7. The van der Waals surface area contributed by atoms with E-state index >= 15 is 0 Å². The SMILES string of the molecule is CC(=O)Oc1ccc(OC2CCCCC2(F)F)cc1. The van der Waals surface area contributed by atoms with Crippen molar-refractivity contribution in [3.63, 3.8) is 0 Å². The molecule has 1 saturated carbocycles. The van der Waals surface area contributed by atoms with Gasteiger partial charge in [0.25, 0.3) is 5.92 Å². The van der Waals surface area contributed by atoms with Crippen molar-refractivity contribution >= 4 is 5.97 Å². The average molecular weight is 270 g/mol.